The lowest BCUT2D eigenvalue weighted by molar-refractivity contribution is -0.130. The van der Waals surface area contributed by atoms with E-state index in [1.54, 1.807) is 60.0 Å². The van der Waals surface area contributed by atoms with Gasteiger partial charge >= 0.3 is 6.03 Å². The molecule has 0 radical (unpaired) electrons. The first-order valence-corrected chi connectivity index (χ1v) is 14.3. The topological polar surface area (TPSA) is 121 Å². The number of sulfonamides is 1. The van der Waals surface area contributed by atoms with Gasteiger partial charge < -0.3 is 20.1 Å². The molecule has 37 heavy (non-hydrogen) atoms. The van der Waals surface area contributed by atoms with Crippen LogP contribution in [0.1, 0.15) is 18.4 Å². The monoisotopic (exact) mass is 543 g/mol. The van der Waals surface area contributed by atoms with Crippen LogP contribution in [-0.2, 0) is 14.8 Å². The number of nitrogens with one attached hydrogen (secondary N) is 3. The summed E-state index contributed by atoms with van der Waals surface area (Å²) in [5.41, 5.74) is 5.59. The molecule has 1 atom stereocenters. The zero-order valence-electron chi connectivity index (χ0n) is 20.7. The molecule has 0 spiro atoms. The highest BCUT2D eigenvalue weighted by molar-refractivity contribution is 8.03. The number of urea groups is 1. The van der Waals surface area contributed by atoms with E-state index in [2.05, 4.69) is 21.6 Å². The summed E-state index contributed by atoms with van der Waals surface area (Å²) in [6.07, 6.45) is 6.20. The van der Waals surface area contributed by atoms with Crippen molar-refractivity contribution < 1.29 is 18.0 Å². The zero-order chi connectivity index (χ0) is 26.3. The van der Waals surface area contributed by atoms with Crippen molar-refractivity contribution in [2.24, 2.45) is 0 Å². The second-order valence-electron chi connectivity index (χ2n) is 9.35. The molecule has 0 saturated carbocycles. The molecule has 4 heterocycles. The number of thioether (sulfide) groups is 1. The van der Waals surface area contributed by atoms with E-state index < -0.39 is 16.1 Å². The molecule has 2 aromatic rings. The van der Waals surface area contributed by atoms with Crippen molar-refractivity contribution >= 4 is 44.6 Å². The minimum atomic E-state index is -3.90. The summed E-state index contributed by atoms with van der Waals surface area (Å²) >= 11 is 1.60. The average Bonchev–Trinajstić information content (AvgIpc) is 3.54. The Hall–Kier alpha value is -3.34. The molecule has 1 saturated heterocycles. The molecule has 0 bridgehead atoms. The molecule has 0 aliphatic carbocycles. The number of aromatic amines is 1. The molecule has 1 aromatic heterocycles. The van der Waals surface area contributed by atoms with Gasteiger partial charge in [-0.1, -0.05) is 17.7 Å². The Balaban J connectivity index is 1.38. The van der Waals surface area contributed by atoms with Crippen molar-refractivity contribution in [3.63, 3.8) is 0 Å². The van der Waals surface area contributed by atoms with E-state index in [9.17, 15) is 18.0 Å². The summed E-state index contributed by atoms with van der Waals surface area (Å²) in [7, 11) is -0.615. The molecular weight excluding hydrogens is 514 g/mol. The quantitative estimate of drug-likeness (QED) is 0.494. The van der Waals surface area contributed by atoms with Crippen LogP contribution in [0.15, 0.2) is 40.0 Å². The minimum absolute atomic E-state index is 0.0106. The van der Waals surface area contributed by atoms with Crippen molar-refractivity contribution in [2.75, 3.05) is 46.2 Å². The molecule has 196 valence electrons. The lowest BCUT2D eigenvalue weighted by Gasteiger charge is -2.43. The van der Waals surface area contributed by atoms with Crippen LogP contribution in [0.25, 0.3) is 10.9 Å². The third-order valence-corrected chi connectivity index (χ3v) is 9.51. The van der Waals surface area contributed by atoms with Gasteiger partial charge in [0.05, 0.1) is 11.9 Å². The van der Waals surface area contributed by atoms with Gasteiger partial charge in [-0.15, -0.1) is 6.42 Å². The molecule has 3 N–H and O–H groups in total. The van der Waals surface area contributed by atoms with Crippen LogP contribution in [0.3, 0.4) is 0 Å². The fraction of sp³-hybridized carbons (Fsp3) is 0.417. The first kappa shape index (κ1) is 25.3. The molecule has 1 unspecified atom stereocenters. The molecule has 3 aliphatic rings. The summed E-state index contributed by atoms with van der Waals surface area (Å²) in [5, 5.41) is 6.52. The number of benzene rings is 1. The Labute approximate surface area is 220 Å². The Kier molecular flexibility index (Phi) is 6.74. The van der Waals surface area contributed by atoms with Gasteiger partial charge in [0.2, 0.25) is 5.91 Å². The predicted molar refractivity (Wildman–Crippen MR) is 141 cm³/mol. The smallest absolute Gasteiger partial charge is 0.339 e. The van der Waals surface area contributed by atoms with Gasteiger partial charge in [-0.25, -0.2) is 18.2 Å². The maximum absolute atomic E-state index is 13.6. The Bertz CT molecular complexity index is 1430. The normalized spacial score (nSPS) is 20.3. The zero-order valence-corrected chi connectivity index (χ0v) is 22.3. The van der Waals surface area contributed by atoms with Crippen molar-refractivity contribution in [1.82, 2.24) is 34.8 Å². The number of hydrazine groups is 1. The molecule has 3 aliphatic heterocycles. The van der Waals surface area contributed by atoms with Gasteiger partial charge in [-0.3, -0.25) is 10.2 Å². The van der Waals surface area contributed by atoms with E-state index >= 15 is 0 Å². The van der Waals surface area contributed by atoms with Crippen LogP contribution in [0.5, 0.6) is 0 Å². The minimum Gasteiger partial charge on any atom is -0.377 e. The number of aromatic nitrogens is 1. The number of carbonyl (C=O) groups is 2. The largest absolute Gasteiger partial charge is 0.377 e. The lowest BCUT2D eigenvalue weighted by atomic mass is 10.1. The van der Waals surface area contributed by atoms with E-state index in [0.29, 0.717) is 29.4 Å². The number of H-pyrrole nitrogens is 1. The first-order valence-electron chi connectivity index (χ1n) is 11.9. The standard InChI is InChI=1S/C24H29N7O4S2/c1-4-16-5-6-19-17(11-16)12-21(26-19)37(34,35)29-9-10-30(18(14-29)13-22(32)28(2)3)24(33)31-8-7-20-23(27-31)36-15-25-20/h1,5-6,11-12,18,25-27H,7-10,13-15H2,2-3H3. The highest BCUT2D eigenvalue weighted by Crippen LogP contribution is 2.29. The summed E-state index contributed by atoms with van der Waals surface area (Å²) < 4.78 is 28.5. The fourth-order valence-electron chi connectivity index (χ4n) is 4.69. The first-order chi connectivity index (χ1) is 17.7. The third-order valence-electron chi connectivity index (χ3n) is 6.81. The molecule has 5 rings (SSSR count). The van der Waals surface area contributed by atoms with E-state index in [0.717, 1.165) is 16.6 Å². The number of nitrogens with zero attached hydrogens (tertiary/aromatic N) is 4. The second kappa shape index (κ2) is 9.85. The molecule has 1 fully saturated rings. The van der Waals surface area contributed by atoms with Crippen LogP contribution in [0, 0.1) is 12.3 Å². The maximum atomic E-state index is 13.6. The van der Waals surface area contributed by atoms with Gasteiger partial charge in [-0.2, -0.15) is 4.31 Å². The fourth-order valence-corrected chi connectivity index (χ4v) is 7.09. The van der Waals surface area contributed by atoms with Crippen LogP contribution in [0.2, 0.25) is 0 Å². The van der Waals surface area contributed by atoms with Gasteiger partial charge in [0.15, 0.2) is 0 Å². The molecule has 3 amide bonds. The average molecular weight is 544 g/mol. The van der Waals surface area contributed by atoms with Crippen LogP contribution in [0.4, 0.5) is 4.79 Å². The summed E-state index contributed by atoms with van der Waals surface area (Å²) in [5.74, 6) is 3.13. The lowest BCUT2D eigenvalue weighted by Crippen LogP contribution is -2.62. The van der Waals surface area contributed by atoms with Gasteiger partial charge in [0.1, 0.15) is 10.1 Å². The van der Waals surface area contributed by atoms with E-state index in [1.807, 2.05) is 0 Å². The number of hydrogen-bond acceptors (Lipinski definition) is 7. The van der Waals surface area contributed by atoms with Crippen molar-refractivity contribution in [1.29, 1.82) is 0 Å². The molecular formula is C24H29N7O4S2. The highest BCUT2D eigenvalue weighted by atomic mass is 32.2. The number of carbonyl (C=O) groups excluding carboxylic acids is 2. The maximum Gasteiger partial charge on any atom is 0.339 e. The third kappa shape index (κ3) is 4.84. The van der Waals surface area contributed by atoms with Gasteiger partial charge in [0.25, 0.3) is 10.0 Å². The van der Waals surface area contributed by atoms with Gasteiger partial charge in [0, 0.05) is 75.3 Å². The summed E-state index contributed by atoms with van der Waals surface area (Å²) in [4.78, 5) is 32.2. The SMILES string of the molecule is C#Cc1ccc2[nH]c(S(=O)(=O)N3CCN(C(=O)N4CCC5=C(N4)SCN5)C(CC(=O)N(C)C)C3)cc2c1. The predicted octanol–water partition coefficient (Wildman–Crippen LogP) is 1.10. The van der Waals surface area contributed by atoms with Crippen molar-refractivity contribution in [3.05, 3.63) is 40.6 Å². The van der Waals surface area contributed by atoms with Crippen LogP contribution < -0.4 is 10.7 Å². The van der Waals surface area contributed by atoms with E-state index in [-0.39, 0.29) is 43.0 Å². The van der Waals surface area contributed by atoms with E-state index in [4.69, 9.17) is 6.42 Å². The van der Waals surface area contributed by atoms with Gasteiger partial charge in [-0.05, 0) is 24.3 Å². The number of hydrogen-bond donors (Lipinski definition) is 3. The second-order valence-corrected chi connectivity index (χ2v) is 12.2. The number of fused-ring (bicyclic) bond motifs is 1. The van der Waals surface area contributed by atoms with E-state index in [1.165, 1.54) is 9.21 Å². The summed E-state index contributed by atoms with van der Waals surface area (Å²) in [6, 6.07) is 5.94. The molecule has 13 heteroatoms. The number of piperazine rings is 1. The number of rotatable bonds is 4. The Morgan fingerprint density at radius 1 is 1.22 bits per heavy atom. The molecule has 11 nitrogen and oxygen atoms in total. The molecule has 1 aromatic carbocycles. The number of amides is 3. The Morgan fingerprint density at radius 3 is 2.78 bits per heavy atom. The van der Waals surface area contributed by atoms with Crippen LogP contribution in [-0.4, -0.2) is 96.6 Å². The summed E-state index contributed by atoms with van der Waals surface area (Å²) in [6.45, 7) is 0.772. The highest BCUT2D eigenvalue weighted by Gasteiger charge is 2.40. The van der Waals surface area contributed by atoms with Crippen molar-refractivity contribution in [3.8, 4) is 12.3 Å². The Morgan fingerprint density at radius 2 is 2.03 bits per heavy atom. The number of terminal acetylenes is 1. The van der Waals surface area contributed by atoms with Crippen LogP contribution >= 0.6 is 11.8 Å². The van der Waals surface area contributed by atoms with Crippen molar-refractivity contribution in [2.45, 2.75) is 23.9 Å².